The van der Waals surface area contributed by atoms with Crippen LogP contribution in [0.5, 0.6) is 5.75 Å². The Hall–Kier alpha value is -1.81. The number of aryl methyl sites for hydroxylation is 2. The van der Waals surface area contributed by atoms with E-state index in [1.165, 1.54) is 17.5 Å². The van der Waals surface area contributed by atoms with Gasteiger partial charge in [-0.05, 0) is 49.4 Å². The van der Waals surface area contributed by atoms with Gasteiger partial charge in [0.15, 0.2) is 0 Å². The highest BCUT2D eigenvalue weighted by Gasteiger charge is 2.17. The number of ether oxygens (including phenoxy) is 1. The summed E-state index contributed by atoms with van der Waals surface area (Å²) in [5, 5.41) is 0. The Balaban J connectivity index is 1.63. The first-order valence-electron chi connectivity index (χ1n) is 7.23. The van der Waals surface area contributed by atoms with Crippen LogP contribution in [0.3, 0.4) is 0 Å². The molecule has 1 aromatic carbocycles. The van der Waals surface area contributed by atoms with Crippen LogP contribution in [0.4, 0.5) is 0 Å². The van der Waals surface area contributed by atoms with Crippen LogP contribution in [0.1, 0.15) is 35.8 Å². The van der Waals surface area contributed by atoms with Crippen molar-refractivity contribution in [2.45, 2.75) is 38.8 Å². The van der Waals surface area contributed by atoms with Crippen LogP contribution in [-0.4, -0.2) is 16.2 Å². The summed E-state index contributed by atoms with van der Waals surface area (Å²) in [7, 11) is 0. The van der Waals surface area contributed by atoms with Crippen LogP contribution in [0.15, 0.2) is 30.6 Å². The van der Waals surface area contributed by atoms with E-state index in [2.05, 4.69) is 27.8 Å². The topological polar surface area (TPSA) is 53.1 Å². The van der Waals surface area contributed by atoms with E-state index < -0.39 is 0 Å². The average molecular weight is 271 g/mol. The third kappa shape index (κ3) is 2.70. The summed E-state index contributed by atoms with van der Waals surface area (Å²) in [6.07, 6.45) is 7.19. The lowest BCUT2D eigenvalue weighted by Crippen LogP contribution is -2.17. The third-order valence-electron chi connectivity index (χ3n) is 4.00. The Kier molecular flexibility index (Phi) is 3.74. The first-order chi connectivity index (χ1) is 9.74. The van der Waals surface area contributed by atoms with Gasteiger partial charge in [-0.25, -0.2) is 4.98 Å². The molecule has 0 aliphatic heterocycles. The number of hydrogen-bond donors (Lipinski definition) is 1. The molecule has 0 saturated carbocycles. The van der Waals surface area contributed by atoms with Gasteiger partial charge in [0.05, 0.1) is 6.54 Å². The maximum absolute atomic E-state index is 6.17. The number of hydrogen-bond acceptors (Lipinski definition) is 3. The molecular weight excluding hydrogens is 250 g/mol. The number of aromatic nitrogens is 2. The summed E-state index contributed by atoms with van der Waals surface area (Å²) in [5.74, 6) is 1.93. The highest BCUT2D eigenvalue weighted by Crippen LogP contribution is 2.30. The molecule has 4 heteroatoms. The predicted molar refractivity (Wildman–Crippen MR) is 78.8 cm³/mol. The monoisotopic (exact) mass is 271 g/mol. The van der Waals surface area contributed by atoms with Gasteiger partial charge in [-0.1, -0.05) is 6.07 Å². The fourth-order valence-corrected chi connectivity index (χ4v) is 2.81. The maximum atomic E-state index is 6.17. The fraction of sp³-hybridized carbons (Fsp3) is 0.438. The second-order valence-electron chi connectivity index (χ2n) is 5.38. The van der Waals surface area contributed by atoms with Crippen LogP contribution >= 0.6 is 0 Å². The highest BCUT2D eigenvalue weighted by molar-refractivity contribution is 5.39. The standard InChI is InChI=1S/C16H21N3O/c1-12-18-7-8-19(12)9-10-20-14-6-5-13-3-2-4-16(17)15(13)11-14/h5-8,11,16H,2-4,9-10,17H2,1H3/t16-/m1/s1. The molecule has 106 valence electrons. The Morgan fingerprint density at radius 1 is 1.45 bits per heavy atom. The van der Waals surface area contributed by atoms with Crippen molar-refractivity contribution in [3.63, 3.8) is 0 Å². The first kappa shape index (κ1) is 13.2. The lowest BCUT2D eigenvalue weighted by atomic mass is 9.88. The van der Waals surface area contributed by atoms with Gasteiger partial charge in [0, 0.05) is 18.4 Å². The molecule has 4 nitrogen and oxygen atoms in total. The van der Waals surface area contributed by atoms with E-state index in [9.17, 15) is 0 Å². The zero-order valence-electron chi connectivity index (χ0n) is 11.9. The number of nitrogens with zero attached hydrogens (tertiary/aromatic N) is 2. The molecule has 1 atom stereocenters. The molecule has 0 amide bonds. The lowest BCUT2D eigenvalue weighted by Gasteiger charge is -2.22. The third-order valence-corrected chi connectivity index (χ3v) is 4.00. The van der Waals surface area contributed by atoms with Gasteiger partial charge < -0.3 is 15.0 Å². The molecule has 1 aliphatic rings. The maximum Gasteiger partial charge on any atom is 0.119 e. The molecule has 1 aliphatic carbocycles. The van der Waals surface area contributed by atoms with Crippen LogP contribution in [0, 0.1) is 6.92 Å². The van der Waals surface area contributed by atoms with Gasteiger partial charge >= 0.3 is 0 Å². The number of fused-ring (bicyclic) bond motifs is 1. The molecule has 0 saturated heterocycles. The molecule has 0 unspecified atom stereocenters. The summed E-state index contributed by atoms with van der Waals surface area (Å²) in [4.78, 5) is 4.20. The summed E-state index contributed by atoms with van der Waals surface area (Å²) < 4.78 is 7.93. The Bertz CT molecular complexity index is 591. The molecule has 2 N–H and O–H groups in total. The molecule has 1 heterocycles. The van der Waals surface area contributed by atoms with Crippen molar-refractivity contribution in [2.75, 3.05) is 6.61 Å². The van der Waals surface area contributed by atoms with Crippen LogP contribution in [0.25, 0.3) is 0 Å². The zero-order valence-corrected chi connectivity index (χ0v) is 11.9. The second kappa shape index (κ2) is 5.67. The zero-order chi connectivity index (χ0) is 13.9. The molecule has 0 fully saturated rings. The van der Waals surface area contributed by atoms with E-state index in [1.54, 1.807) is 0 Å². The van der Waals surface area contributed by atoms with Crippen molar-refractivity contribution in [1.29, 1.82) is 0 Å². The molecule has 3 rings (SSSR count). The van der Waals surface area contributed by atoms with Crippen molar-refractivity contribution >= 4 is 0 Å². The van der Waals surface area contributed by atoms with Gasteiger partial charge in [-0.2, -0.15) is 0 Å². The van der Waals surface area contributed by atoms with Crippen molar-refractivity contribution < 1.29 is 4.74 Å². The normalized spacial score (nSPS) is 17.8. The van der Waals surface area contributed by atoms with E-state index in [4.69, 9.17) is 10.5 Å². The lowest BCUT2D eigenvalue weighted by molar-refractivity contribution is 0.296. The average Bonchev–Trinajstić information content (AvgIpc) is 2.85. The molecular formula is C16H21N3O. The van der Waals surface area contributed by atoms with Crippen molar-refractivity contribution in [1.82, 2.24) is 9.55 Å². The molecule has 0 radical (unpaired) electrons. The van der Waals surface area contributed by atoms with E-state index in [1.807, 2.05) is 19.3 Å². The molecule has 1 aromatic heterocycles. The summed E-state index contributed by atoms with van der Waals surface area (Å²) in [5.41, 5.74) is 8.81. The van der Waals surface area contributed by atoms with Gasteiger partial charge in [-0.3, -0.25) is 0 Å². The van der Waals surface area contributed by atoms with Gasteiger partial charge in [0.2, 0.25) is 0 Å². The Morgan fingerprint density at radius 2 is 2.35 bits per heavy atom. The van der Waals surface area contributed by atoms with E-state index in [0.29, 0.717) is 6.61 Å². The highest BCUT2D eigenvalue weighted by atomic mass is 16.5. The quantitative estimate of drug-likeness (QED) is 0.930. The van der Waals surface area contributed by atoms with Gasteiger partial charge in [-0.15, -0.1) is 0 Å². The van der Waals surface area contributed by atoms with E-state index >= 15 is 0 Å². The fourth-order valence-electron chi connectivity index (χ4n) is 2.81. The van der Waals surface area contributed by atoms with Crippen molar-refractivity contribution in [3.05, 3.63) is 47.5 Å². The predicted octanol–water partition coefficient (Wildman–Crippen LogP) is 2.61. The first-order valence-corrected chi connectivity index (χ1v) is 7.23. The SMILES string of the molecule is Cc1nccn1CCOc1ccc2c(c1)[C@H](N)CCC2. The minimum Gasteiger partial charge on any atom is -0.492 e. The molecule has 0 spiro atoms. The van der Waals surface area contributed by atoms with Gasteiger partial charge in [0.1, 0.15) is 18.2 Å². The van der Waals surface area contributed by atoms with Crippen LogP contribution < -0.4 is 10.5 Å². The number of rotatable bonds is 4. The number of nitrogens with two attached hydrogens (primary N) is 1. The largest absolute Gasteiger partial charge is 0.492 e. The summed E-state index contributed by atoms with van der Waals surface area (Å²) >= 11 is 0. The molecule has 20 heavy (non-hydrogen) atoms. The molecule has 0 bridgehead atoms. The second-order valence-corrected chi connectivity index (χ2v) is 5.38. The van der Waals surface area contributed by atoms with E-state index in [-0.39, 0.29) is 6.04 Å². The van der Waals surface area contributed by atoms with Crippen molar-refractivity contribution in [2.24, 2.45) is 5.73 Å². The minimum absolute atomic E-state index is 0.165. The number of imidazole rings is 1. The Morgan fingerprint density at radius 3 is 3.15 bits per heavy atom. The summed E-state index contributed by atoms with van der Waals surface area (Å²) in [6, 6.07) is 6.49. The molecule has 2 aromatic rings. The van der Waals surface area contributed by atoms with E-state index in [0.717, 1.165) is 31.0 Å². The summed E-state index contributed by atoms with van der Waals surface area (Å²) in [6.45, 7) is 3.46. The van der Waals surface area contributed by atoms with Crippen LogP contribution in [-0.2, 0) is 13.0 Å². The van der Waals surface area contributed by atoms with Gasteiger partial charge in [0.25, 0.3) is 0 Å². The smallest absolute Gasteiger partial charge is 0.119 e. The Labute approximate surface area is 119 Å². The van der Waals surface area contributed by atoms with Crippen molar-refractivity contribution in [3.8, 4) is 5.75 Å². The van der Waals surface area contributed by atoms with Crippen LogP contribution in [0.2, 0.25) is 0 Å². The minimum atomic E-state index is 0.165. The number of benzene rings is 1.